The first-order valence-corrected chi connectivity index (χ1v) is 11.3. The molecule has 27 heavy (non-hydrogen) atoms. The maximum absolute atomic E-state index is 12.6. The predicted molar refractivity (Wildman–Crippen MR) is 107 cm³/mol. The third kappa shape index (κ3) is 5.11. The second-order valence-corrected chi connectivity index (χ2v) is 9.24. The van der Waals surface area contributed by atoms with Crippen molar-refractivity contribution in [1.29, 1.82) is 0 Å². The number of hydrogen-bond acceptors (Lipinski definition) is 3. The number of amides is 2. The molecule has 1 saturated heterocycles. The van der Waals surface area contributed by atoms with Crippen LogP contribution in [0.3, 0.4) is 0 Å². The Morgan fingerprint density at radius 2 is 1.59 bits per heavy atom. The summed E-state index contributed by atoms with van der Waals surface area (Å²) in [6.45, 7) is 0.839. The lowest BCUT2D eigenvalue weighted by molar-refractivity contribution is 0.103. The highest BCUT2D eigenvalue weighted by Crippen LogP contribution is 2.28. The average Bonchev–Trinajstić information content (AvgIpc) is 2.68. The lowest BCUT2D eigenvalue weighted by Crippen LogP contribution is -2.54. The minimum absolute atomic E-state index is 0.0372. The molecule has 0 radical (unpaired) electrons. The zero-order chi connectivity index (χ0) is 19.3. The number of nitrogens with two attached hydrogens (primary N) is 1. The van der Waals surface area contributed by atoms with E-state index >= 15 is 0 Å². The number of piperidine rings is 1. The molecule has 7 heteroatoms. The third-order valence-electron chi connectivity index (χ3n) is 5.63. The van der Waals surface area contributed by atoms with Crippen molar-refractivity contribution in [2.75, 3.05) is 13.1 Å². The van der Waals surface area contributed by atoms with Crippen molar-refractivity contribution in [1.82, 2.24) is 9.21 Å². The molecular weight excluding hydrogens is 362 g/mol. The Balaban J connectivity index is 1.61. The van der Waals surface area contributed by atoms with E-state index in [1.54, 1.807) is 6.08 Å². The van der Waals surface area contributed by atoms with Crippen LogP contribution in [0.5, 0.6) is 0 Å². The van der Waals surface area contributed by atoms with E-state index in [0.717, 1.165) is 31.2 Å². The lowest BCUT2D eigenvalue weighted by Gasteiger charge is -2.42. The largest absolute Gasteiger partial charge is 0.351 e. The smallest absolute Gasteiger partial charge is 0.315 e. The van der Waals surface area contributed by atoms with Gasteiger partial charge in [0.1, 0.15) is 0 Å². The minimum Gasteiger partial charge on any atom is -0.351 e. The van der Waals surface area contributed by atoms with Crippen molar-refractivity contribution in [3.63, 3.8) is 0 Å². The van der Waals surface area contributed by atoms with Gasteiger partial charge in [0.2, 0.25) is 10.0 Å². The molecule has 148 valence electrons. The number of hydrogen-bond donors (Lipinski definition) is 1. The third-order valence-corrected chi connectivity index (χ3v) is 7.20. The van der Waals surface area contributed by atoms with E-state index in [1.807, 2.05) is 35.2 Å². The monoisotopic (exact) mass is 391 g/mol. The maximum Gasteiger partial charge on any atom is 0.315 e. The molecule has 0 spiro atoms. The molecule has 1 heterocycles. The number of urea groups is 1. The summed E-state index contributed by atoms with van der Waals surface area (Å²) in [6.07, 6.45) is 8.38. The topological polar surface area (TPSA) is 83.7 Å². The lowest BCUT2D eigenvalue weighted by atomic mass is 9.92. The van der Waals surface area contributed by atoms with Crippen LogP contribution in [-0.2, 0) is 10.0 Å². The molecule has 0 bridgehead atoms. The first kappa shape index (κ1) is 19.9. The molecule has 0 aromatic heterocycles. The molecule has 2 amide bonds. The van der Waals surface area contributed by atoms with Crippen molar-refractivity contribution < 1.29 is 13.2 Å². The molecule has 1 saturated carbocycles. The van der Waals surface area contributed by atoms with Crippen LogP contribution in [0.15, 0.2) is 35.7 Å². The van der Waals surface area contributed by atoms with E-state index in [2.05, 4.69) is 0 Å². The first-order valence-electron chi connectivity index (χ1n) is 9.78. The standard InChI is InChI=1S/C20H29N3O3S/c21-20(24)23(18-9-5-2-6-10-18)19-11-14-22(15-12-19)27(25,26)16-13-17-7-3-1-4-8-17/h1,3-4,7-8,13,16,18-19H,2,5-6,9-12,14-15H2,(H2,21,24)/b16-13+. The number of rotatable bonds is 5. The van der Waals surface area contributed by atoms with Gasteiger partial charge in [-0.25, -0.2) is 13.2 Å². The van der Waals surface area contributed by atoms with Gasteiger partial charge in [-0.15, -0.1) is 0 Å². The summed E-state index contributed by atoms with van der Waals surface area (Å²) in [5, 5.41) is 1.27. The Bertz CT molecular complexity index is 750. The van der Waals surface area contributed by atoms with Gasteiger partial charge < -0.3 is 10.6 Å². The predicted octanol–water partition coefficient (Wildman–Crippen LogP) is 3.16. The van der Waals surface area contributed by atoms with Crippen LogP contribution in [0.25, 0.3) is 6.08 Å². The van der Waals surface area contributed by atoms with Crippen molar-refractivity contribution in [2.24, 2.45) is 5.73 Å². The second-order valence-electron chi connectivity index (χ2n) is 7.43. The SMILES string of the molecule is NC(=O)N(C1CCCCC1)C1CCN(S(=O)(=O)/C=C/c2ccccc2)CC1. The van der Waals surface area contributed by atoms with Gasteiger partial charge in [-0.3, -0.25) is 0 Å². The van der Waals surface area contributed by atoms with Gasteiger partial charge in [-0.2, -0.15) is 4.31 Å². The molecule has 0 unspecified atom stereocenters. The summed E-state index contributed by atoms with van der Waals surface area (Å²) < 4.78 is 26.7. The highest BCUT2D eigenvalue weighted by molar-refractivity contribution is 7.92. The van der Waals surface area contributed by atoms with Gasteiger partial charge in [0.25, 0.3) is 0 Å². The summed E-state index contributed by atoms with van der Waals surface area (Å²) in [6, 6.07) is 9.26. The molecule has 1 aliphatic heterocycles. The molecular formula is C20H29N3O3S. The van der Waals surface area contributed by atoms with Crippen molar-refractivity contribution in [3.8, 4) is 0 Å². The van der Waals surface area contributed by atoms with Crippen LogP contribution in [0.2, 0.25) is 0 Å². The first-order chi connectivity index (χ1) is 13.0. The summed E-state index contributed by atoms with van der Waals surface area (Å²) in [7, 11) is -3.46. The fourth-order valence-corrected chi connectivity index (χ4v) is 5.43. The van der Waals surface area contributed by atoms with Crippen LogP contribution in [0.1, 0.15) is 50.5 Å². The fourth-order valence-electron chi connectivity index (χ4n) is 4.21. The number of carbonyl (C=O) groups is 1. The molecule has 6 nitrogen and oxygen atoms in total. The summed E-state index contributed by atoms with van der Waals surface area (Å²) in [4.78, 5) is 13.9. The molecule has 1 aromatic carbocycles. The zero-order valence-electron chi connectivity index (χ0n) is 15.7. The molecule has 0 atom stereocenters. The van der Waals surface area contributed by atoms with Crippen LogP contribution < -0.4 is 5.73 Å². The summed E-state index contributed by atoms with van der Waals surface area (Å²) >= 11 is 0. The Morgan fingerprint density at radius 1 is 1.00 bits per heavy atom. The molecule has 1 aliphatic carbocycles. The summed E-state index contributed by atoms with van der Waals surface area (Å²) in [5.41, 5.74) is 6.53. The van der Waals surface area contributed by atoms with Crippen molar-refractivity contribution >= 4 is 22.1 Å². The van der Waals surface area contributed by atoms with Crippen LogP contribution in [0.4, 0.5) is 4.79 Å². The van der Waals surface area contributed by atoms with Gasteiger partial charge in [0, 0.05) is 30.6 Å². The number of carbonyl (C=O) groups excluding carboxylic acids is 1. The Labute approximate surface area is 162 Å². The molecule has 2 fully saturated rings. The van der Waals surface area contributed by atoms with Crippen LogP contribution in [-0.4, -0.2) is 48.8 Å². The summed E-state index contributed by atoms with van der Waals surface area (Å²) in [5.74, 6) is 0. The highest BCUT2D eigenvalue weighted by Gasteiger charge is 2.34. The average molecular weight is 392 g/mol. The van der Waals surface area contributed by atoms with Gasteiger partial charge in [-0.1, -0.05) is 49.6 Å². The quantitative estimate of drug-likeness (QED) is 0.837. The number of benzene rings is 1. The van der Waals surface area contributed by atoms with Crippen molar-refractivity contribution in [2.45, 2.75) is 57.0 Å². The Morgan fingerprint density at radius 3 is 2.19 bits per heavy atom. The van der Waals surface area contributed by atoms with Gasteiger partial charge in [-0.05, 0) is 37.3 Å². The maximum atomic E-state index is 12.6. The molecule has 1 aromatic rings. The Hall–Kier alpha value is -1.86. The Kier molecular flexibility index (Phi) is 6.55. The fraction of sp³-hybridized carbons (Fsp3) is 0.550. The minimum atomic E-state index is -3.46. The van der Waals surface area contributed by atoms with E-state index in [4.69, 9.17) is 5.73 Å². The normalized spacial score (nSPS) is 20.7. The van der Waals surface area contributed by atoms with Crippen molar-refractivity contribution in [3.05, 3.63) is 41.3 Å². The molecule has 2 N–H and O–H groups in total. The van der Waals surface area contributed by atoms with Gasteiger partial charge in [0.05, 0.1) is 0 Å². The number of nitrogens with zero attached hydrogens (tertiary/aromatic N) is 2. The van der Waals surface area contributed by atoms with E-state index in [1.165, 1.54) is 16.1 Å². The highest BCUT2D eigenvalue weighted by atomic mass is 32.2. The van der Waals surface area contributed by atoms with Gasteiger partial charge in [0.15, 0.2) is 0 Å². The van der Waals surface area contributed by atoms with Crippen LogP contribution in [0, 0.1) is 0 Å². The van der Waals surface area contributed by atoms with E-state index < -0.39 is 10.0 Å². The van der Waals surface area contributed by atoms with E-state index in [-0.39, 0.29) is 18.1 Å². The number of primary amides is 1. The molecule has 2 aliphatic rings. The molecule has 3 rings (SSSR count). The van der Waals surface area contributed by atoms with Crippen LogP contribution >= 0.6 is 0 Å². The second kappa shape index (κ2) is 8.89. The zero-order valence-corrected chi connectivity index (χ0v) is 16.5. The number of sulfonamides is 1. The van der Waals surface area contributed by atoms with Gasteiger partial charge >= 0.3 is 6.03 Å². The van der Waals surface area contributed by atoms with E-state index in [9.17, 15) is 13.2 Å². The van der Waals surface area contributed by atoms with E-state index in [0.29, 0.717) is 25.9 Å².